The summed E-state index contributed by atoms with van der Waals surface area (Å²) in [7, 11) is 0. The zero-order valence-electron chi connectivity index (χ0n) is 11.7. The molecule has 0 saturated carbocycles. The van der Waals surface area contributed by atoms with Crippen LogP contribution in [0.5, 0.6) is 0 Å². The first-order valence-corrected chi connectivity index (χ1v) is 5.84. The van der Waals surface area contributed by atoms with Gasteiger partial charge in [-0.1, -0.05) is 33.4 Å². The molecule has 0 aromatic heterocycles. The van der Waals surface area contributed by atoms with Gasteiger partial charge < -0.3 is 20.4 Å². The van der Waals surface area contributed by atoms with Gasteiger partial charge in [-0.3, -0.25) is 4.79 Å². The molecular weight excluding hydrogens is 268 g/mol. The lowest BCUT2D eigenvalue weighted by Crippen LogP contribution is -2.50. The minimum Gasteiger partial charge on any atom is -0.481 e. The number of hydroxylamine groups is 1. The molecule has 0 heterocycles. The maximum absolute atomic E-state index is 11.6. The van der Waals surface area contributed by atoms with E-state index in [4.69, 9.17) is 10.8 Å². The highest BCUT2D eigenvalue weighted by molar-refractivity contribution is 5.84. The van der Waals surface area contributed by atoms with Crippen molar-refractivity contribution in [3.8, 4) is 0 Å². The predicted molar refractivity (Wildman–Crippen MR) is 69.3 cm³/mol. The molecular formula is C12H20N2O6. The molecule has 0 saturated heterocycles. The molecule has 0 radical (unpaired) electrons. The second-order valence-electron chi connectivity index (χ2n) is 5.12. The van der Waals surface area contributed by atoms with E-state index in [1.807, 2.05) is 0 Å². The van der Waals surface area contributed by atoms with Crippen LogP contribution in [0.4, 0.5) is 4.79 Å². The SMILES string of the molecule is C=CCOC(=O)NOC(=O)[C@@H](N)C(C(=O)O)C(C)(C)C. The number of rotatable bonds is 5. The first-order valence-electron chi connectivity index (χ1n) is 5.84. The molecule has 0 aliphatic rings. The van der Waals surface area contributed by atoms with E-state index < -0.39 is 35.4 Å². The molecule has 114 valence electrons. The maximum atomic E-state index is 11.6. The van der Waals surface area contributed by atoms with Crippen LogP contribution in [0, 0.1) is 11.3 Å². The fourth-order valence-electron chi connectivity index (χ4n) is 1.52. The van der Waals surface area contributed by atoms with Gasteiger partial charge in [-0.2, -0.15) is 0 Å². The summed E-state index contributed by atoms with van der Waals surface area (Å²) in [4.78, 5) is 38.2. The van der Waals surface area contributed by atoms with Gasteiger partial charge in [0.25, 0.3) is 0 Å². The van der Waals surface area contributed by atoms with Crippen molar-refractivity contribution in [3.63, 3.8) is 0 Å². The molecule has 0 aliphatic heterocycles. The number of carboxylic acids is 1. The van der Waals surface area contributed by atoms with Gasteiger partial charge in [-0.05, 0) is 5.41 Å². The predicted octanol–water partition coefficient (Wildman–Crippen LogP) is 0.431. The summed E-state index contributed by atoms with van der Waals surface area (Å²) >= 11 is 0. The molecule has 8 nitrogen and oxygen atoms in total. The molecule has 0 bridgehead atoms. The largest absolute Gasteiger partial charge is 0.481 e. The fourth-order valence-corrected chi connectivity index (χ4v) is 1.52. The third kappa shape index (κ3) is 5.70. The van der Waals surface area contributed by atoms with E-state index in [1.54, 1.807) is 26.3 Å². The number of carbonyl (C=O) groups is 3. The average Bonchev–Trinajstić information content (AvgIpc) is 2.30. The van der Waals surface area contributed by atoms with E-state index in [-0.39, 0.29) is 6.61 Å². The van der Waals surface area contributed by atoms with Gasteiger partial charge >= 0.3 is 18.0 Å². The average molecular weight is 288 g/mol. The Balaban J connectivity index is 4.56. The minimum atomic E-state index is -1.42. The van der Waals surface area contributed by atoms with Gasteiger partial charge in [-0.25, -0.2) is 9.59 Å². The molecule has 0 rings (SSSR count). The third-order valence-electron chi connectivity index (χ3n) is 2.40. The Kier molecular flexibility index (Phi) is 6.70. The van der Waals surface area contributed by atoms with E-state index in [2.05, 4.69) is 16.2 Å². The highest BCUT2D eigenvalue weighted by Gasteiger charge is 2.41. The van der Waals surface area contributed by atoms with Crippen LogP contribution in [0.2, 0.25) is 0 Å². The molecule has 1 unspecified atom stereocenters. The van der Waals surface area contributed by atoms with E-state index in [0.29, 0.717) is 0 Å². The first-order chi connectivity index (χ1) is 9.11. The molecule has 20 heavy (non-hydrogen) atoms. The van der Waals surface area contributed by atoms with Gasteiger partial charge in [0.2, 0.25) is 0 Å². The fraction of sp³-hybridized carbons (Fsp3) is 0.583. The summed E-state index contributed by atoms with van der Waals surface area (Å²) in [6.45, 7) is 8.16. The number of hydrogen-bond donors (Lipinski definition) is 3. The van der Waals surface area contributed by atoms with E-state index in [1.165, 1.54) is 6.08 Å². The lowest BCUT2D eigenvalue weighted by molar-refractivity contribution is -0.160. The monoisotopic (exact) mass is 288 g/mol. The van der Waals surface area contributed by atoms with Crippen LogP contribution in [-0.2, 0) is 19.2 Å². The van der Waals surface area contributed by atoms with Crippen LogP contribution < -0.4 is 11.2 Å². The summed E-state index contributed by atoms with van der Waals surface area (Å²) in [5.74, 6) is -3.46. The lowest BCUT2D eigenvalue weighted by Gasteiger charge is -2.30. The molecule has 0 aliphatic carbocycles. The smallest absolute Gasteiger partial charge is 0.441 e. The molecule has 1 amide bonds. The van der Waals surface area contributed by atoms with Gasteiger partial charge in [-0.15, -0.1) is 5.48 Å². The Hall–Kier alpha value is -2.09. The molecule has 0 spiro atoms. The normalized spacial score (nSPS) is 13.8. The van der Waals surface area contributed by atoms with Crippen molar-refractivity contribution < 1.29 is 29.1 Å². The van der Waals surface area contributed by atoms with Crippen molar-refractivity contribution in [2.24, 2.45) is 17.1 Å². The summed E-state index contributed by atoms with van der Waals surface area (Å²) < 4.78 is 4.49. The van der Waals surface area contributed by atoms with Crippen molar-refractivity contribution in [1.29, 1.82) is 0 Å². The number of ether oxygens (including phenoxy) is 1. The van der Waals surface area contributed by atoms with Crippen LogP contribution in [0.15, 0.2) is 12.7 Å². The summed E-state index contributed by atoms with van der Waals surface area (Å²) in [6.07, 6.45) is 0.320. The zero-order valence-corrected chi connectivity index (χ0v) is 11.7. The van der Waals surface area contributed by atoms with Crippen LogP contribution >= 0.6 is 0 Å². The molecule has 8 heteroatoms. The maximum Gasteiger partial charge on any atom is 0.441 e. The molecule has 0 aromatic carbocycles. The topological polar surface area (TPSA) is 128 Å². The van der Waals surface area contributed by atoms with Crippen molar-refractivity contribution in [2.45, 2.75) is 26.8 Å². The van der Waals surface area contributed by atoms with Gasteiger partial charge in [0.1, 0.15) is 12.6 Å². The Morgan fingerprint density at radius 1 is 1.40 bits per heavy atom. The Morgan fingerprint density at radius 3 is 2.35 bits per heavy atom. The molecule has 0 aromatic rings. The standard InChI is InChI=1S/C12H20N2O6/c1-5-6-19-11(18)14-20-10(17)8(13)7(9(15)16)12(2,3)4/h5,7-8H,1,6,13H2,2-4H3,(H,14,18)(H,15,16)/t7?,8-/m0/s1. The number of aliphatic carboxylic acids is 1. The van der Waals surface area contributed by atoms with Gasteiger partial charge in [0.05, 0.1) is 5.92 Å². The van der Waals surface area contributed by atoms with E-state index in [0.717, 1.165) is 0 Å². The van der Waals surface area contributed by atoms with E-state index >= 15 is 0 Å². The number of carboxylic acid groups (broad SMARTS) is 1. The molecule has 2 atom stereocenters. The first kappa shape index (κ1) is 17.9. The number of carbonyl (C=O) groups excluding carboxylic acids is 2. The van der Waals surface area contributed by atoms with Crippen molar-refractivity contribution >= 4 is 18.0 Å². The Labute approximate surface area is 116 Å². The summed E-state index contributed by atoms with van der Waals surface area (Å²) in [6, 6.07) is -1.42. The molecule has 4 N–H and O–H groups in total. The van der Waals surface area contributed by atoms with E-state index in [9.17, 15) is 14.4 Å². The van der Waals surface area contributed by atoms with Gasteiger partial charge in [0, 0.05) is 0 Å². The van der Waals surface area contributed by atoms with Crippen LogP contribution in [0.25, 0.3) is 0 Å². The third-order valence-corrected chi connectivity index (χ3v) is 2.40. The molecule has 0 fully saturated rings. The summed E-state index contributed by atoms with van der Waals surface area (Å²) in [5.41, 5.74) is 6.53. The highest BCUT2D eigenvalue weighted by Crippen LogP contribution is 2.28. The van der Waals surface area contributed by atoms with Crippen molar-refractivity contribution in [1.82, 2.24) is 5.48 Å². The highest BCUT2D eigenvalue weighted by atomic mass is 16.7. The number of amides is 1. The Bertz CT molecular complexity index is 388. The van der Waals surface area contributed by atoms with Crippen molar-refractivity contribution in [3.05, 3.63) is 12.7 Å². The van der Waals surface area contributed by atoms with Crippen LogP contribution in [0.3, 0.4) is 0 Å². The minimum absolute atomic E-state index is 0.0603. The lowest BCUT2D eigenvalue weighted by atomic mass is 9.76. The van der Waals surface area contributed by atoms with Crippen LogP contribution in [0.1, 0.15) is 20.8 Å². The van der Waals surface area contributed by atoms with Crippen molar-refractivity contribution in [2.75, 3.05) is 6.61 Å². The van der Waals surface area contributed by atoms with Crippen LogP contribution in [-0.4, -0.2) is 35.8 Å². The Morgan fingerprint density at radius 2 is 1.95 bits per heavy atom. The van der Waals surface area contributed by atoms with Gasteiger partial charge in [0.15, 0.2) is 0 Å². The number of nitrogens with two attached hydrogens (primary N) is 1. The summed E-state index contributed by atoms with van der Waals surface area (Å²) in [5, 5.41) is 9.11. The quantitative estimate of drug-likeness (QED) is 0.494. The second-order valence-corrected chi connectivity index (χ2v) is 5.12. The number of hydrogen-bond acceptors (Lipinski definition) is 6. The second kappa shape index (κ2) is 7.49. The zero-order chi connectivity index (χ0) is 15.9. The number of nitrogens with one attached hydrogen (secondary N) is 1.